The van der Waals surface area contributed by atoms with E-state index in [0.717, 1.165) is 11.5 Å². The third kappa shape index (κ3) is 1.08. The molecule has 0 saturated heterocycles. The fourth-order valence-electron chi connectivity index (χ4n) is 1.47. The fraction of sp³-hybridized carbons (Fsp3) is 0.200. The average Bonchev–Trinajstić information content (AvgIpc) is 2.32. The fourth-order valence-corrected chi connectivity index (χ4v) is 1.67. The highest BCUT2D eigenvalue weighted by Gasteiger charge is 2.15. The van der Waals surface area contributed by atoms with Crippen molar-refractivity contribution in [1.29, 1.82) is 0 Å². The first-order valence-corrected chi connectivity index (χ1v) is 4.10. The lowest BCUT2D eigenvalue weighted by molar-refractivity contribution is 1.19. The van der Waals surface area contributed by atoms with Crippen molar-refractivity contribution in [2.24, 2.45) is 0 Å². The quantitative estimate of drug-likeness (QED) is 0.515. The summed E-state index contributed by atoms with van der Waals surface area (Å²) in [6, 6.07) is 0. The lowest BCUT2D eigenvalue weighted by atomic mass is 9.97. The van der Waals surface area contributed by atoms with Gasteiger partial charge in [0.15, 0.2) is 0 Å². The number of rotatable bonds is 0. The third-order valence-corrected chi connectivity index (χ3v) is 2.36. The standard InChI is InChI=1S/C10H9Cl/c1-7-2-3-8-6-9(11)4-5-10(7)8/h2-5H,6H2,1H3. The molecule has 0 atom stereocenters. The van der Waals surface area contributed by atoms with Gasteiger partial charge in [-0.1, -0.05) is 29.8 Å². The van der Waals surface area contributed by atoms with Crippen molar-refractivity contribution in [2.45, 2.75) is 13.3 Å². The second-order valence-corrected chi connectivity index (χ2v) is 3.40. The number of fused-ring (bicyclic) bond motifs is 1. The normalized spacial score (nSPS) is 21.6. The van der Waals surface area contributed by atoms with Crippen LogP contribution in [0.2, 0.25) is 0 Å². The van der Waals surface area contributed by atoms with Crippen LogP contribution in [0.15, 0.2) is 46.1 Å². The van der Waals surface area contributed by atoms with Crippen LogP contribution in [0.4, 0.5) is 0 Å². The maximum Gasteiger partial charge on any atom is 0.0225 e. The summed E-state index contributed by atoms with van der Waals surface area (Å²) < 4.78 is 0. The summed E-state index contributed by atoms with van der Waals surface area (Å²) in [5.74, 6) is 0. The van der Waals surface area contributed by atoms with Crippen LogP contribution >= 0.6 is 11.6 Å². The van der Waals surface area contributed by atoms with Crippen LogP contribution in [-0.2, 0) is 0 Å². The Bertz CT molecular complexity index is 314. The van der Waals surface area contributed by atoms with Crippen LogP contribution in [-0.4, -0.2) is 0 Å². The summed E-state index contributed by atoms with van der Waals surface area (Å²) in [5.41, 5.74) is 4.06. The molecular formula is C10H9Cl. The minimum absolute atomic E-state index is 0.904. The molecule has 0 radical (unpaired) electrons. The molecular weight excluding hydrogens is 156 g/mol. The molecule has 2 rings (SSSR count). The zero-order valence-electron chi connectivity index (χ0n) is 6.39. The maximum absolute atomic E-state index is 5.88. The first-order valence-electron chi connectivity index (χ1n) is 3.72. The molecule has 0 N–H and O–H groups in total. The Kier molecular flexibility index (Phi) is 1.50. The summed E-state index contributed by atoms with van der Waals surface area (Å²) in [5, 5.41) is 0.933. The van der Waals surface area contributed by atoms with E-state index < -0.39 is 0 Å². The van der Waals surface area contributed by atoms with Gasteiger partial charge in [0.25, 0.3) is 0 Å². The molecule has 0 unspecified atom stereocenters. The zero-order chi connectivity index (χ0) is 7.84. The van der Waals surface area contributed by atoms with Gasteiger partial charge in [-0.2, -0.15) is 0 Å². The lowest BCUT2D eigenvalue weighted by Crippen LogP contribution is -1.91. The Labute approximate surface area is 71.6 Å². The molecule has 2 aliphatic rings. The van der Waals surface area contributed by atoms with E-state index in [4.69, 9.17) is 11.6 Å². The minimum atomic E-state index is 0.904. The van der Waals surface area contributed by atoms with Crippen LogP contribution in [0.25, 0.3) is 0 Å². The van der Waals surface area contributed by atoms with Gasteiger partial charge in [-0.15, -0.1) is 0 Å². The molecule has 0 fully saturated rings. The Morgan fingerprint density at radius 3 is 2.82 bits per heavy atom. The van der Waals surface area contributed by atoms with Crippen LogP contribution in [0.5, 0.6) is 0 Å². The molecule has 0 aromatic rings. The largest absolute Gasteiger partial charge is 0.0888 e. The van der Waals surface area contributed by atoms with E-state index in [-0.39, 0.29) is 0 Å². The molecule has 1 heteroatoms. The molecule has 56 valence electrons. The number of halogens is 1. The molecule has 0 bridgehead atoms. The number of hydrogen-bond donors (Lipinski definition) is 0. The Morgan fingerprint density at radius 1 is 1.18 bits per heavy atom. The van der Waals surface area contributed by atoms with Crippen molar-refractivity contribution in [1.82, 2.24) is 0 Å². The molecule has 0 aromatic heterocycles. The van der Waals surface area contributed by atoms with E-state index in [2.05, 4.69) is 25.2 Å². The van der Waals surface area contributed by atoms with Crippen LogP contribution in [0.1, 0.15) is 13.3 Å². The smallest absolute Gasteiger partial charge is 0.0225 e. The Hall–Kier alpha value is -0.750. The highest BCUT2D eigenvalue weighted by molar-refractivity contribution is 6.30. The van der Waals surface area contributed by atoms with Crippen molar-refractivity contribution in [3.05, 3.63) is 46.1 Å². The molecule has 0 nitrogen and oxygen atoms in total. The molecule has 0 heterocycles. The van der Waals surface area contributed by atoms with Crippen LogP contribution in [0, 0.1) is 0 Å². The molecule has 2 aliphatic carbocycles. The summed E-state index contributed by atoms with van der Waals surface area (Å²) in [7, 11) is 0. The van der Waals surface area contributed by atoms with Crippen molar-refractivity contribution in [2.75, 3.05) is 0 Å². The van der Waals surface area contributed by atoms with E-state index >= 15 is 0 Å². The molecule has 0 aliphatic heterocycles. The van der Waals surface area contributed by atoms with Gasteiger partial charge in [0.05, 0.1) is 0 Å². The SMILES string of the molecule is CC1=CC=C2CC(Cl)=CC=C12. The first-order chi connectivity index (χ1) is 5.27. The Morgan fingerprint density at radius 2 is 2.00 bits per heavy atom. The highest BCUT2D eigenvalue weighted by Crippen LogP contribution is 2.34. The summed E-state index contributed by atoms with van der Waals surface area (Å²) in [4.78, 5) is 0. The van der Waals surface area contributed by atoms with Gasteiger partial charge >= 0.3 is 0 Å². The van der Waals surface area contributed by atoms with Gasteiger partial charge in [-0.05, 0) is 29.7 Å². The van der Waals surface area contributed by atoms with E-state index in [0.29, 0.717) is 0 Å². The van der Waals surface area contributed by atoms with Crippen LogP contribution < -0.4 is 0 Å². The molecule has 0 amide bonds. The van der Waals surface area contributed by atoms with Crippen molar-refractivity contribution >= 4 is 11.6 Å². The predicted octanol–water partition coefficient (Wildman–Crippen LogP) is 3.33. The van der Waals surface area contributed by atoms with Gasteiger partial charge < -0.3 is 0 Å². The maximum atomic E-state index is 5.88. The van der Waals surface area contributed by atoms with Crippen molar-refractivity contribution in [3.63, 3.8) is 0 Å². The molecule has 0 spiro atoms. The van der Waals surface area contributed by atoms with E-state index in [9.17, 15) is 0 Å². The van der Waals surface area contributed by atoms with Crippen molar-refractivity contribution < 1.29 is 0 Å². The second kappa shape index (κ2) is 2.38. The van der Waals surface area contributed by atoms with E-state index in [1.807, 2.05) is 6.08 Å². The third-order valence-electron chi connectivity index (χ3n) is 2.10. The highest BCUT2D eigenvalue weighted by atomic mass is 35.5. The topological polar surface area (TPSA) is 0 Å². The van der Waals surface area contributed by atoms with Gasteiger partial charge in [-0.25, -0.2) is 0 Å². The van der Waals surface area contributed by atoms with Gasteiger partial charge in [-0.3, -0.25) is 0 Å². The van der Waals surface area contributed by atoms with E-state index in [1.54, 1.807) is 0 Å². The van der Waals surface area contributed by atoms with Gasteiger partial charge in [0, 0.05) is 11.5 Å². The lowest BCUT2D eigenvalue weighted by Gasteiger charge is -2.10. The summed E-state index contributed by atoms with van der Waals surface area (Å²) in [6.45, 7) is 2.13. The van der Waals surface area contributed by atoms with E-state index in [1.165, 1.54) is 16.7 Å². The predicted molar refractivity (Wildman–Crippen MR) is 48.5 cm³/mol. The summed E-state index contributed by atoms with van der Waals surface area (Å²) in [6.07, 6.45) is 9.27. The zero-order valence-corrected chi connectivity index (χ0v) is 7.15. The van der Waals surface area contributed by atoms with Crippen LogP contribution in [0.3, 0.4) is 0 Å². The second-order valence-electron chi connectivity index (χ2n) is 2.91. The monoisotopic (exact) mass is 164 g/mol. The minimum Gasteiger partial charge on any atom is -0.0888 e. The summed E-state index contributed by atoms with van der Waals surface area (Å²) >= 11 is 5.88. The average molecular weight is 165 g/mol. The van der Waals surface area contributed by atoms with Gasteiger partial charge in [0.1, 0.15) is 0 Å². The number of hydrogen-bond acceptors (Lipinski definition) is 0. The Balaban J connectivity index is 2.43. The molecule has 11 heavy (non-hydrogen) atoms. The van der Waals surface area contributed by atoms with Crippen molar-refractivity contribution in [3.8, 4) is 0 Å². The number of allylic oxidation sites excluding steroid dienone is 8. The molecule has 0 aromatic carbocycles. The van der Waals surface area contributed by atoms with Gasteiger partial charge in [0.2, 0.25) is 0 Å². The first kappa shape index (κ1) is 6.93. The molecule has 0 saturated carbocycles.